The first kappa shape index (κ1) is 14.3. The Hall–Kier alpha value is -1.07. The van der Waals surface area contributed by atoms with Crippen LogP contribution in [0, 0.1) is 0 Å². The first-order valence-corrected chi connectivity index (χ1v) is 7.18. The molecule has 0 saturated heterocycles. The van der Waals surface area contributed by atoms with E-state index in [1.54, 1.807) is 13.2 Å². The maximum Gasteiger partial charge on any atom is 0.135 e. The number of benzene rings is 1. The summed E-state index contributed by atoms with van der Waals surface area (Å²) >= 11 is 7.45. The van der Waals surface area contributed by atoms with Crippen LogP contribution in [-0.4, -0.2) is 18.8 Å². The maximum atomic E-state index is 10.5. The van der Waals surface area contributed by atoms with Gasteiger partial charge in [0.2, 0.25) is 0 Å². The molecule has 2 unspecified atom stereocenters. The van der Waals surface area contributed by atoms with E-state index in [0.717, 1.165) is 10.4 Å². The van der Waals surface area contributed by atoms with Crippen molar-refractivity contribution in [3.05, 3.63) is 51.2 Å². The predicted octanol–water partition coefficient (Wildman–Crippen LogP) is 3.19. The van der Waals surface area contributed by atoms with E-state index in [4.69, 9.17) is 22.1 Å². The summed E-state index contributed by atoms with van der Waals surface area (Å²) in [5.74, 6) is 0.490. The first-order valence-electron chi connectivity index (χ1n) is 5.92. The lowest BCUT2D eigenvalue weighted by molar-refractivity contribution is 0.148. The molecule has 19 heavy (non-hydrogen) atoms. The molecular formula is C14H16ClNO2S. The summed E-state index contributed by atoms with van der Waals surface area (Å²) in [4.78, 5) is 0.790. The lowest BCUT2D eigenvalue weighted by Crippen LogP contribution is -2.19. The summed E-state index contributed by atoms with van der Waals surface area (Å²) in [7, 11) is 1.59. The molecule has 2 atom stereocenters. The van der Waals surface area contributed by atoms with E-state index >= 15 is 0 Å². The Morgan fingerprint density at radius 2 is 2.21 bits per heavy atom. The lowest BCUT2D eigenvalue weighted by Gasteiger charge is -2.22. The van der Waals surface area contributed by atoms with Gasteiger partial charge in [0, 0.05) is 17.5 Å². The Bertz CT molecular complexity index is 544. The Morgan fingerprint density at radius 1 is 1.42 bits per heavy atom. The normalized spacial score (nSPS) is 14.1. The highest BCUT2D eigenvalue weighted by Gasteiger charge is 2.25. The van der Waals surface area contributed by atoms with Gasteiger partial charge in [0.25, 0.3) is 0 Å². The Balaban J connectivity index is 2.32. The highest BCUT2D eigenvalue weighted by molar-refractivity contribution is 7.10. The highest BCUT2D eigenvalue weighted by atomic mass is 35.5. The van der Waals surface area contributed by atoms with Gasteiger partial charge in [-0.1, -0.05) is 23.7 Å². The van der Waals surface area contributed by atoms with Crippen LogP contribution in [0.1, 0.15) is 22.5 Å². The molecule has 2 aromatic rings. The molecule has 5 heteroatoms. The van der Waals surface area contributed by atoms with Gasteiger partial charge in [0.1, 0.15) is 5.75 Å². The largest absolute Gasteiger partial charge is 0.495 e. The van der Waals surface area contributed by atoms with E-state index in [1.807, 2.05) is 29.6 Å². The van der Waals surface area contributed by atoms with E-state index in [1.165, 1.54) is 11.3 Å². The molecule has 0 aliphatic heterocycles. The van der Waals surface area contributed by atoms with Crippen molar-refractivity contribution in [3.8, 4) is 5.75 Å². The van der Waals surface area contributed by atoms with E-state index in [2.05, 4.69) is 0 Å². The lowest BCUT2D eigenvalue weighted by atomic mass is 9.92. The molecule has 0 bridgehead atoms. The van der Waals surface area contributed by atoms with Crippen molar-refractivity contribution in [2.24, 2.45) is 5.73 Å². The maximum absolute atomic E-state index is 10.5. The molecule has 0 fully saturated rings. The second-order valence-corrected chi connectivity index (χ2v) is 5.58. The minimum atomic E-state index is -0.696. The van der Waals surface area contributed by atoms with Crippen LogP contribution >= 0.6 is 22.9 Å². The van der Waals surface area contributed by atoms with Crippen LogP contribution in [-0.2, 0) is 0 Å². The first-order chi connectivity index (χ1) is 9.17. The Kier molecular flexibility index (Phi) is 4.82. The molecule has 2 rings (SSSR count). The van der Waals surface area contributed by atoms with Gasteiger partial charge < -0.3 is 15.6 Å². The standard InChI is InChI=1S/C14H16ClNO2S/c1-18-12-5-6-19-14(12)13(17)11(8-16)9-3-2-4-10(15)7-9/h2-7,11,13,17H,8,16H2,1H3. The number of halogens is 1. The van der Waals surface area contributed by atoms with Gasteiger partial charge in [-0.15, -0.1) is 11.3 Å². The fourth-order valence-electron chi connectivity index (χ4n) is 2.06. The van der Waals surface area contributed by atoms with E-state index in [-0.39, 0.29) is 5.92 Å². The van der Waals surface area contributed by atoms with Crippen molar-refractivity contribution in [1.29, 1.82) is 0 Å². The summed E-state index contributed by atoms with van der Waals surface area (Å²) in [6.45, 7) is 0.336. The topological polar surface area (TPSA) is 55.5 Å². The fraction of sp³-hybridized carbons (Fsp3) is 0.286. The molecule has 0 radical (unpaired) electrons. The van der Waals surface area contributed by atoms with Crippen molar-refractivity contribution >= 4 is 22.9 Å². The monoisotopic (exact) mass is 297 g/mol. The fourth-order valence-corrected chi connectivity index (χ4v) is 3.17. The molecule has 0 amide bonds. The number of hydrogen-bond acceptors (Lipinski definition) is 4. The van der Waals surface area contributed by atoms with Crippen LogP contribution in [0.25, 0.3) is 0 Å². The van der Waals surface area contributed by atoms with Gasteiger partial charge in [-0.2, -0.15) is 0 Å². The minimum Gasteiger partial charge on any atom is -0.495 e. The average molecular weight is 298 g/mol. The molecule has 3 N–H and O–H groups in total. The summed E-state index contributed by atoms with van der Waals surface area (Å²) in [5, 5.41) is 13.1. The van der Waals surface area contributed by atoms with E-state index in [0.29, 0.717) is 17.3 Å². The van der Waals surface area contributed by atoms with Crippen molar-refractivity contribution in [2.75, 3.05) is 13.7 Å². The minimum absolute atomic E-state index is 0.203. The highest BCUT2D eigenvalue weighted by Crippen LogP contribution is 2.38. The number of ether oxygens (including phenoxy) is 1. The van der Waals surface area contributed by atoms with Gasteiger partial charge in [-0.25, -0.2) is 0 Å². The predicted molar refractivity (Wildman–Crippen MR) is 79.1 cm³/mol. The van der Waals surface area contributed by atoms with Gasteiger partial charge in [0.15, 0.2) is 0 Å². The van der Waals surface area contributed by atoms with E-state index in [9.17, 15) is 5.11 Å². The molecule has 3 nitrogen and oxygen atoms in total. The van der Waals surface area contributed by atoms with Gasteiger partial charge >= 0.3 is 0 Å². The summed E-state index contributed by atoms with van der Waals surface area (Å²) < 4.78 is 5.24. The SMILES string of the molecule is COc1ccsc1C(O)C(CN)c1cccc(Cl)c1. The number of methoxy groups -OCH3 is 1. The molecule has 1 heterocycles. The number of aliphatic hydroxyl groups is 1. The Morgan fingerprint density at radius 3 is 2.84 bits per heavy atom. The summed E-state index contributed by atoms with van der Waals surface area (Å²) in [6, 6.07) is 9.26. The van der Waals surface area contributed by atoms with Crippen molar-refractivity contribution in [3.63, 3.8) is 0 Å². The Labute approximate surface area is 121 Å². The van der Waals surface area contributed by atoms with Gasteiger partial charge in [-0.3, -0.25) is 0 Å². The number of rotatable bonds is 5. The smallest absolute Gasteiger partial charge is 0.135 e. The van der Waals surface area contributed by atoms with Crippen molar-refractivity contribution < 1.29 is 9.84 Å². The molecule has 1 aromatic carbocycles. The zero-order valence-electron chi connectivity index (χ0n) is 10.5. The van der Waals surface area contributed by atoms with Crippen molar-refractivity contribution in [1.82, 2.24) is 0 Å². The van der Waals surface area contributed by atoms with Crippen molar-refractivity contribution in [2.45, 2.75) is 12.0 Å². The number of nitrogens with two attached hydrogens (primary N) is 1. The zero-order valence-corrected chi connectivity index (χ0v) is 12.1. The van der Waals surface area contributed by atoms with Gasteiger partial charge in [-0.05, 0) is 29.1 Å². The zero-order chi connectivity index (χ0) is 13.8. The molecule has 1 aromatic heterocycles. The quantitative estimate of drug-likeness (QED) is 0.891. The second kappa shape index (κ2) is 6.39. The average Bonchev–Trinajstić information content (AvgIpc) is 2.87. The second-order valence-electron chi connectivity index (χ2n) is 4.20. The van der Waals surface area contributed by atoms with Crippen LogP contribution in [0.4, 0.5) is 0 Å². The molecule has 0 saturated carbocycles. The molecule has 0 aliphatic carbocycles. The van der Waals surface area contributed by atoms with Crippen LogP contribution in [0.15, 0.2) is 35.7 Å². The third kappa shape index (κ3) is 3.09. The van der Waals surface area contributed by atoms with E-state index < -0.39 is 6.10 Å². The third-order valence-electron chi connectivity index (χ3n) is 3.06. The molecule has 0 spiro atoms. The van der Waals surface area contributed by atoms with Crippen LogP contribution in [0.5, 0.6) is 5.75 Å². The molecule has 102 valence electrons. The van der Waals surface area contributed by atoms with Gasteiger partial charge in [0.05, 0.1) is 18.1 Å². The summed E-state index contributed by atoms with van der Waals surface area (Å²) in [5.41, 5.74) is 6.74. The number of aliphatic hydroxyl groups excluding tert-OH is 1. The molecular weight excluding hydrogens is 282 g/mol. The van der Waals surface area contributed by atoms with Crippen LogP contribution in [0.2, 0.25) is 5.02 Å². The van der Waals surface area contributed by atoms with Crippen LogP contribution < -0.4 is 10.5 Å². The van der Waals surface area contributed by atoms with Crippen LogP contribution in [0.3, 0.4) is 0 Å². The third-order valence-corrected chi connectivity index (χ3v) is 4.26. The summed E-state index contributed by atoms with van der Waals surface area (Å²) in [6.07, 6.45) is -0.696. The number of thiophene rings is 1. The molecule has 0 aliphatic rings. The number of hydrogen-bond donors (Lipinski definition) is 2.